The second kappa shape index (κ2) is 11.9. The van der Waals surface area contributed by atoms with E-state index < -0.39 is 0 Å². The molecule has 0 unspecified atom stereocenters. The Morgan fingerprint density at radius 1 is 0.818 bits per heavy atom. The van der Waals surface area contributed by atoms with E-state index >= 15 is 0 Å². The summed E-state index contributed by atoms with van der Waals surface area (Å²) in [4.78, 5) is 16.6. The van der Waals surface area contributed by atoms with E-state index in [1.807, 2.05) is 72.8 Å². The number of aromatic nitrogens is 1. The van der Waals surface area contributed by atoms with E-state index in [9.17, 15) is 4.79 Å². The van der Waals surface area contributed by atoms with Crippen LogP contribution >= 0.6 is 11.8 Å². The highest BCUT2D eigenvalue weighted by Gasteiger charge is 2.16. The third kappa shape index (κ3) is 6.96. The smallest absolute Gasteiger partial charge is 0.230 e. The Morgan fingerprint density at radius 3 is 2.09 bits per heavy atom. The molecule has 4 rings (SSSR count). The number of hydrogen-bond donors (Lipinski definition) is 1. The van der Waals surface area contributed by atoms with Crippen LogP contribution in [0.3, 0.4) is 0 Å². The van der Waals surface area contributed by atoms with E-state index in [2.05, 4.69) is 34.6 Å². The molecule has 1 N–H and O–H groups in total. The molecule has 5 heteroatoms. The zero-order valence-corrected chi connectivity index (χ0v) is 19.1. The number of amides is 1. The van der Waals surface area contributed by atoms with Crippen molar-refractivity contribution in [2.45, 2.75) is 18.4 Å². The first-order valence-electron chi connectivity index (χ1n) is 10.9. The van der Waals surface area contributed by atoms with Gasteiger partial charge in [-0.15, -0.1) is 11.8 Å². The minimum absolute atomic E-state index is 0.0220. The SMILES string of the molecule is O=C(CSC(c1ccccc1)c1ccccc1)NCc1ccc(OCc2cccnc2)cc1. The largest absolute Gasteiger partial charge is 0.489 e. The molecule has 33 heavy (non-hydrogen) atoms. The number of pyridine rings is 1. The Labute approximate surface area is 199 Å². The summed E-state index contributed by atoms with van der Waals surface area (Å²) in [6.07, 6.45) is 3.54. The van der Waals surface area contributed by atoms with Crippen molar-refractivity contribution in [3.05, 3.63) is 132 Å². The molecule has 0 fully saturated rings. The van der Waals surface area contributed by atoms with Crippen molar-refractivity contribution in [2.24, 2.45) is 0 Å². The van der Waals surface area contributed by atoms with Gasteiger partial charge in [0, 0.05) is 24.5 Å². The van der Waals surface area contributed by atoms with E-state index in [-0.39, 0.29) is 11.2 Å². The topological polar surface area (TPSA) is 51.2 Å². The van der Waals surface area contributed by atoms with Crippen molar-refractivity contribution >= 4 is 17.7 Å². The predicted octanol–water partition coefficient (Wildman–Crippen LogP) is 5.80. The van der Waals surface area contributed by atoms with Crippen LogP contribution in [0.1, 0.15) is 27.5 Å². The summed E-state index contributed by atoms with van der Waals surface area (Å²) in [5.74, 6) is 1.20. The number of thioether (sulfide) groups is 1. The van der Waals surface area contributed by atoms with E-state index in [1.54, 1.807) is 24.2 Å². The maximum Gasteiger partial charge on any atom is 0.230 e. The van der Waals surface area contributed by atoms with E-state index in [0.717, 1.165) is 16.9 Å². The number of nitrogens with one attached hydrogen (secondary N) is 1. The molecule has 0 spiro atoms. The number of carbonyl (C=O) groups excluding carboxylic acids is 1. The van der Waals surface area contributed by atoms with Crippen molar-refractivity contribution < 1.29 is 9.53 Å². The highest BCUT2D eigenvalue weighted by molar-refractivity contribution is 8.00. The van der Waals surface area contributed by atoms with Crippen molar-refractivity contribution in [3.8, 4) is 5.75 Å². The summed E-state index contributed by atoms with van der Waals surface area (Å²) in [5, 5.41) is 3.15. The quantitative estimate of drug-likeness (QED) is 0.329. The van der Waals surface area contributed by atoms with Crippen molar-refractivity contribution in [3.63, 3.8) is 0 Å². The summed E-state index contributed by atoms with van der Waals surface area (Å²) < 4.78 is 5.79. The Balaban J connectivity index is 1.27. The van der Waals surface area contributed by atoms with E-state index in [0.29, 0.717) is 18.9 Å². The maximum atomic E-state index is 12.5. The lowest BCUT2D eigenvalue weighted by molar-refractivity contribution is -0.118. The first-order chi connectivity index (χ1) is 16.3. The number of benzene rings is 3. The standard InChI is InChI=1S/C28H26N2O2S/c31-27(21-33-28(24-9-3-1-4-10-24)25-11-5-2-6-12-25)30-19-22-13-15-26(16-14-22)32-20-23-8-7-17-29-18-23/h1-18,28H,19-21H2,(H,30,31). The number of nitrogens with zero attached hydrogens (tertiary/aromatic N) is 1. The molecule has 0 bridgehead atoms. The van der Waals surface area contributed by atoms with Crippen molar-refractivity contribution in [1.29, 1.82) is 0 Å². The van der Waals surface area contributed by atoms with Crippen LogP contribution in [0.25, 0.3) is 0 Å². The molecule has 0 radical (unpaired) electrons. The highest BCUT2D eigenvalue weighted by atomic mass is 32.2. The molecule has 0 aliphatic heterocycles. The van der Waals surface area contributed by atoms with Gasteiger partial charge in [0.2, 0.25) is 5.91 Å². The van der Waals surface area contributed by atoms with Gasteiger partial charge in [0.05, 0.1) is 11.0 Å². The summed E-state index contributed by atoms with van der Waals surface area (Å²) in [6, 6.07) is 32.3. The molecular formula is C28H26N2O2S. The number of hydrogen-bond acceptors (Lipinski definition) is 4. The molecule has 3 aromatic carbocycles. The summed E-state index contributed by atoms with van der Waals surface area (Å²) >= 11 is 1.64. The molecule has 1 aromatic heterocycles. The van der Waals surface area contributed by atoms with Crippen LogP contribution < -0.4 is 10.1 Å². The maximum absolute atomic E-state index is 12.5. The van der Waals surface area contributed by atoms with Crippen LogP contribution in [0.5, 0.6) is 5.75 Å². The summed E-state index contributed by atoms with van der Waals surface area (Å²) in [7, 11) is 0. The van der Waals surface area contributed by atoms with Gasteiger partial charge in [-0.05, 0) is 34.9 Å². The fourth-order valence-electron chi connectivity index (χ4n) is 3.40. The lowest BCUT2D eigenvalue weighted by Crippen LogP contribution is -2.25. The normalized spacial score (nSPS) is 10.7. The minimum Gasteiger partial charge on any atom is -0.489 e. The van der Waals surface area contributed by atoms with E-state index in [1.165, 1.54) is 11.1 Å². The van der Waals surface area contributed by atoms with Crippen LogP contribution in [0, 0.1) is 0 Å². The Morgan fingerprint density at radius 2 is 1.48 bits per heavy atom. The van der Waals surface area contributed by atoms with Gasteiger partial charge in [-0.25, -0.2) is 0 Å². The highest BCUT2D eigenvalue weighted by Crippen LogP contribution is 2.35. The molecule has 4 nitrogen and oxygen atoms in total. The van der Waals surface area contributed by atoms with Crippen molar-refractivity contribution in [1.82, 2.24) is 10.3 Å². The second-order valence-electron chi connectivity index (χ2n) is 7.58. The average molecular weight is 455 g/mol. The zero-order chi connectivity index (χ0) is 22.7. The lowest BCUT2D eigenvalue weighted by atomic mass is 10.0. The third-order valence-electron chi connectivity index (χ3n) is 5.13. The number of carbonyl (C=O) groups is 1. The summed E-state index contributed by atoms with van der Waals surface area (Å²) in [5.41, 5.74) is 4.45. The molecule has 0 saturated heterocycles. The molecule has 4 aromatic rings. The monoisotopic (exact) mass is 454 g/mol. The van der Waals surface area contributed by atoms with Crippen LogP contribution in [0.15, 0.2) is 109 Å². The van der Waals surface area contributed by atoms with Crippen LogP contribution in [-0.4, -0.2) is 16.6 Å². The van der Waals surface area contributed by atoms with Gasteiger partial charge >= 0.3 is 0 Å². The molecule has 0 aliphatic carbocycles. The fourth-order valence-corrected chi connectivity index (χ4v) is 4.52. The molecule has 1 heterocycles. The Hall–Kier alpha value is -3.57. The molecule has 166 valence electrons. The number of rotatable bonds is 10. The van der Waals surface area contributed by atoms with Crippen LogP contribution in [-0.2, 0) is 17.9 Å². The molecule has 0 saturated carbocycles. The summed E-state index contributed by atoms with van der Waals surface area (Å²) in [6.45, 7) is 0.967. The van der Waals surface area contributed by atoms with Gasteiger partial charge in [-0.3, -0.25) is 9.78 Å². The van der Waals surface area contributed by atoms with Crippen LogP contribution in [0.2, 0.25) is 0 Å². The minimum atomic E-state index is 0.0220. The zero-order valence-electron chi connectivity index (χ0n) is 18.3. The predicted molar refractivity (Wildman–Crippen MR) is 134 cm³/mol. The molecule has 0 atom stereocenters. The first kappa shape index (κ1) is 22.6. The van der Waals surface area contributed by atoms with Gasteiger partial charge < -0.3 is 10.1 Å². The molecule has 0 aliphatic rings. The fraction of sp³-hybridized carbons (Fsp3) is 0.143. The number of ether oxygens (including phenoxy) is 1. The Bertz CT molecular complexity index is 1080. The van der Waals surface area contributed by atoms with Crippen LogP contribution in [0.4, 0.5) is 0 Å². The van der Waals surface area contributed by atoms with E-state index in [4.69, 9.17) is 4.74 Å². The Kier molecular flexibility index (Phi) is 8.14. The second-order valence-corrected chi connectivity index (χ2v) is 8.68. The van der Waals surface area contributed by atoms with Gasteiger partial charge in [0.1, 0.15) is 12.4 Å². The molecular weight excluding hydrogens is 428 g/mol. The first-order valence-corrected chi connectivity index (χ1v) is 11.9. The van der Waals surface area contributed by atoms with Gasteiger partial charge in [-0.2, -0.15) is 0 Å². The van der Waals surface area contributed by atoms with Gasteiger partial charge in [-0.1, -0.05) is 78.9 Å². The van der Waals surface area contributed by atoms with Gasteiger partial charge in [0.15, 0.2) is 0 Å². The third-order valence-corrected chi connectivity index (χ3v) is 6.43. The van der Waals surface area contributed by atoms with Crippen molar-refractivity contribution in [2.75, 3.05) is 5.75 Å². The lowest BCUT2D eigenvalue weighted by Gasteiger charge is -2.17. The molecule has 1 amide bonds. The van der Waals surface area contributed by atoms with Gasteiger partial charge in [0.25, 0.3) is 0 Å². The average Bonchev–Trinajstić information content (AvgIpc) is 2.89.